The molecule has 3 aromatic rings. The Morgan fingerprint density at radius 1 is 0.923 bits per heavy atom. The van der Waals surface area contributed by atoms with E-state index in [-0.39, 0.29) is 11.5 Å². The van der Waals surface area contributed by atoms with Gasteiger partial charge in [0.2, 0.25) is 0 Å². The molecule has 4 nitrogen and oxygen atoms in total. The standard InChI is InChI=1S/C20H17F2N3O/c21-15-7-2-1-6-14(15)19-18-10-5-11-24(18)12-13-25(19)20(26)23-17-9-4-3-8-16(17)22/h1-11,19H,12-13H2,(H,23,26). The maximum absolute atomic E-state index is 14.5. The van der Waals surface area contributed by atoms with E-state index in [1.165, 1.54) is 18.2 Å². The van der Waals surface area contributed by atoms with Crippen LogP contribution < -0.4 is 5.32 Å². The quantitative estimate of drug-likeness (QED) is 0.728. The van der Waals surface area contributed by atoms with Gasteiger partial charge in [-0.3, -0.25) is 0 Å². The lowest BCUT2D eigenvalue weighted by molar-refractivity contribution is 0.180. The van der Waals surface area contributed by atoms with Gasteiger partial charge in [0, 0.05) is 30.5 Å². The van der Waals surface area contributed by atoms with Crippen LogP contribution in [0.5, 0.6) is 0 Å². The summed E-state index contributed by atoms with van der Waals surface area (Å²) in [6.45, 7) is 0.985. The van der Waals surface area contributed by atoms with Gasteiger partial charge in [0.25, 0.3) is 0 Å². The number of hydrogen-bond acceptors (Lipinski definition) is 1. The SMILES string of the molecule is O=C(Nc1ccccc1F)N1CCn2cccc2C1c1ccccc1F. The Morgan fingerprint density at radius 3 is 2.42 bits per heavy atom. The van der Waals surface area contributed by atoms with Crippen molar-refractivity contribution in [3.05, 3.63) is 89.8 Å². The molecule has 1 N–H and O–H groups in total. The number of urea groups is 1. The summed E-state index contributed by atoms with van der Waals surface area (Å²) in [5.74, 6) is -0.889. The third kappa shape index (κ3) is 2.83. The minimum Gasteiger partial charge on any atom is -0.348 e. The summed E-state index contributed by atoms with van der Waals surface area (Å²) < 4.78 is 30.4. The van der Waals surface area contributed by atoms with Crippen molar-refractivity contribution in [1.29, 1.82) is 0 Å². The molecule has 2 aromatic carbocycles. The number of benzene rings is 2. The average molecular weight is 353 g/mol. The molecule has 0 bridgehead atoms. The Hall–Kier alpha value is -3.15. The number of amides is 2. The number of rotatable bonds is 2. The molecule has 2 heterocycles. The molecule has 0 spiro atoms. The molecule has 1 aliphatic rings. The third-order valence-electron chi connectivity index (χ3n) is 4.61. The van der Waals surface area contributed by atoms with Crippen LogP contribution in [0.1, 0.15) is 17.3 Å². The lowest BCUT2D eigenvalue weighted by atomic mass is 9.99. The molecule has 0 saturated carbocycles. The second-order valence-electron chi connectivity index (χ2n) is 6.15. The molecular weight excluding hydrogens is 336 g/mol. The summed E-state index contributed by atoms with van der Waals surface area (Å²) in [6.07, 6.45) is 1.91. The Labute approximate surface area is 149 Å². The number of fused-ring (bicyclic) bond motifs is 1. The molecule has 0 fully saturated rings. The maximum Gasteiger partial charge on any atom is 0.322 e. The number of anilines is 1. The van der Waals surface area contributed by atoms with Crippen molar-refractivity contribution in [1.82, 2.24) is 9.47 Å². The van der Waals surface area contributed by atoms with Crippen molar-refractivity contribution < 1.29 is 13.6 Å². The van der Waals surface area contributed by atoms with E-state index in [1.54, 1.807) is 35.2 Å². The normalized spacial score (nSPS) is 16.2. The molecule has 1 aliphatic heterocycles. The molecule has 2 amide bonds. The first-order chi connectivity index (χ1) is 12.6. The van der Waals surface area contributed by atoms with E-state index in [0.717, 1.165) is 5.69 Å². The molecule has 0 radical (unpaired) electrons. The van der Waals surface area contributed by atoms with Gasteiger partial charge in [-0.25, -0.2) is 13.6 Å². The number of hydrogen-bond donors (Lipinski definition) is 1. The first-order valence-corrected chi connectivity index (χ1v) is 8.37. The Morgan fingerprint density at radius 2 is 1.65 bits per heavy atom. The zero-order chi connectivity index (χ0) is 18.1. The predicted molar refractivity (Wildman–Crippen MR) is 94.8 cm³/mol. The van der Waals surface area contributed by atoms with Crippen molar-refractivity contribution in [2.45, 2.75) is 12.6 Å². The number of para-hydroxylation sites is 1. The molecular formula is C20H17F2N3O. The van der Waals surface area contributed by atoms with E-state index < -0.39 is 17.9 Å². The van der Waals surface area contributed by atoms with E-state index in [2.05, 4.69) is 5.32 Å². The number of halogens is 2. The lowest BCUT2D eigenvalue weighted by Crippen LogP contribution is -2.44. The molecule has 1 atom stereocenters. The number of nitrogens with one attached hydrogen (secondary N) is 1. The van der Waals surface area contributed by atoms with Crippen LogP contribution >= 0.6 is 0 Å². The van der Waals surface area contributed by atoms with Gasteiger partial charge < -0.3 is 14.8 Å². The van der Waals surface area contributed by atoms with Crippen LogP contribution in [0.25, 0.3) is 0 Å². The molecule has 1 aromatic heterocycles. The Balaban J connectivity index is 1.71. The van der Waals surface area contributed by atoms with Crippen LogP contribution in [0.4, 0.5) is 19.3 Å². The molecule has 4 rings (SSSR count). The first kappa shape index (κ1) is 16.3. The van der Waals surface area contributed by atoms with Gasteiger partial charge in [-0.15, -0.1) is 0 Å². The highest BCUT2D eigenvalue weighted by Crippen LogP contribution is 2.34. The monoisotopic (exact) mass is 353 g/mol. The van der Waals surface area contributed by atoms with Gasteiger partial charge in [-0.2, -0.15) is 0 Å². The van der Waals surface area contributed by atoms with E-state index >= 15 is 0 Å². The highest BCUT2D eigenvalue weighted by atomic mass is 19.1. The number of carbonyl (C=O) groups excluding carboxylic acids is 1. The average Bonchev–Trinajstić information content (AvgIpc) is 3.12. The van der Waals surface area contributed by atoms with E-state index in [0.29, 0.717) is 18.7 Å². The molecule has 1 unspecified atom stereocenters. The van der Waals surface area contributed by atoms with Crippen LogP contribution in [-0.4, -0.2) is 22.0 Å². The zero-order valence-electron chi connectivity index (χ0n) is 13.9. The summed E-state index contributed by atoms with van der Waals surface area (Å²) >= 11 is 0. The van der Waals surface area contributed by atoms with Gasteiger partial charge in [0.1, 0.15) is 17.7 Å². The summed E-state index contributed by atoms with van der Waals surface area (Å²) in [7, 11) is 0. The van der Waals surface area contributed by atoms with Crippen LogP contribution in [0, 0.1) is 11.6 Å². The second kappa shape index (κ2) is 6.63. The molecule has 0 aliphatic carbocycles. The van der Waals surface area contributed by atoms with E-state index in [4.69, 9.17) is 0 Å². The zero-order valence-corrected chi connectivity index (χ0v) is 13.9. The fourth-order valence-corrected chi connectivity index (χ4v) is 3.38. The van der Waals surface area contributed by atoms with Gasteiger partial charge >= 0.3 is 6.03 Å². The van der Waals surface area contributed by atoms with Crippen molar-refractivity contribution in [3.8, 4) is 0 Å². The van der Waals surface area contributed by atoms with Crippen molar-refractivity contribution in [2.24, 2.45) is 0 Å². The van der Waals surface area contributed by atoms with Crippen LogP contribution in [0.3, 0.4) is 0 Å². The number of nitrogens with zero attached hydrogens (tertiary/aromatic N) is 2. The van der Waals surface area contributed by atoms with E-state index in [9.17, 15) is 13.6 Å². The van der Waals surface area contributed by atoms with Crippen molar-refractivity contribution >= 4 is 11.7 Å². The smallest absolute Gasteiger partial charge is 0.322 e. The Kier molecular flexibility index (Phi) is 4.16. The van der Waals surface area contributed by atoms with E-state index in [1.807, 2.05) is 22.9 Å². The fraction of sp³-hybridized carbons (Fsp3) is 0.150. The highest BCUT2D eigenvalue weighted by molar-refractivity contribution is 5.90. The third-order valence-corrected chi connectivity index (χ3v) is 4.61. The van der Waals surface area contributed by atoms with Gasteiger partial charge in [0.05, 0.1) is 5.69 Å². The minimum atomic E-state index is -0.577. The van der Waals surface area contributed by atoms with Crippen LogP contribution in [0.2, 0.25) is 0 Å². The fourth-order valence-electron chi connectivity index (χ4n) is 3.38. The molecule has 6 heteroatoms. The predicted octanol–water partition coefficient (Wildman–Crippen LogP) is 4.40. The largest absolute Gasteiger partial charge is 0.348 e. The summed E-state index contributed by atoms with van der Waals surface area (Å²) in [5.41, 5.74) is 1.34. The first-order valence-electron chi connectivity index (χ1n) is 8.37. The van der Waals surface area contributed by atoms with Crippen LogP contribution in [-0.2, 0) is 6.54 Å². The minimum absolute atomic E-state index is 0.103. The van der Waals surface area contributed by atoms with Gasteiger partial charge in [0.15, 0.2) is 0 Å². The Bertz CT molecular complexity index is 953. The molecule has 0 saturated heterocycles. The summed E-state index contributed by atoms with van der Waals surface area (Å²) in [5, 5.41) is 2.60. The van der Waals surface area contributed by atoms with Crippen molar-refractivity contribution in [3.63, 3.8) is 0 Å². The number of aromatic nitrogens is 1. The summed E-state index contributed by atoms with van der Waals surface area (Å²) in [6, 6.07) is 15.1. The van der Waals surface area contributed by atoms with Gasteiger partial charge in [-0.05, 0) is 30.3 Å². The van der Waals surface area contributed by atoms with Gasteiger partial charge in [-0.1, -0.05) is 30.3 Å². The molecule has 26 heavy (non-hydrogen) atoms. The second-order valence-corrected chi connectivity index (χ2v) is 6.15. The van der Waals surface area contributed by atoms with Crippen LogP contribution in [0.15, 0.2) is 66.9 Å². The van der Waals surface area contributed by atoms with Crippen molar-refractivity contribution in [2.75, 3.05) is 11.9 Å². The maximum atomic E-state index is 14.5. The number of carbonyl (C=O) groups is 1. The molecule has 132 valence electrons. The lowest BCUT2D eigenvalue weighted by Gasteiger charge is -2.37. The summed E-state index contributed by atoms with van der Waals surface area (Å²) in [4.78, 5) is 14.4. The topological polar surface area (TPSA) is 37.3 Å². The highest BCUT2D eigenvalue weighted by Gasteiger charge is 2.33.